The lowest BCUT2D eigenvalue weighted by molar-refractivity contribution is 0.229. The van der Waals surface area contributed by atoms with Crippen LogP contribution in [0.1, 0.15) is 51.9 Å². The summed E-state index contributed by atoms with van der Waals surface area (Å²) >= 11 is 0. The number of hydrogen-bond donors (Lipinski definition) is 0. The van der Waals surface area contributed by atoms with E-state index in [1.807, 2.05) is 0 Å². The van der Waals surface area contributed by atoms with E-state index in [0.29, 0.717) is 6.04 Å². The van der Waals surface area contributed by atoms with Crippen molar-refractivity contribution in [2.75, 3.05) is 13.6 Å². The third kappa shape index (κ3) is 4.15. The first-order valence-electron chi connectivity index (χ1n) is 6.03. The van der Waals surface area contributed by atoms with E-state index < -0.39 is 0 Å². The van der Waals surface area contributed by atoms with Crippen LogP contribution in [0.4, 0.5) is 0 Å². The maximum absolute atomic E-state index is 3.41. The van der Waals surface area contributed by atoms with Crippen LogP contribution in [0, 0.1) is 11.8 Å². The van der Waals surface area contributed by atoms with Gasteiger partial charge in [0.25, 0.3) is 0 Å². The summed E-state index contributed by atoms with van der Waals surface area (Å²) in [6.45, 7) is 3.47. The Labute approximate surface area is 88.9 Å². The highest BCUT2D eigenvalue weighted by Crippen LogP contribution is 2.13. The Bertz CT molecular complexity index is 199. The van der Waals surface area contributed by atoms with Gasteiger partial charge < -0.3 is 0 Å². The summed E-state index contributed by atoms with van der Waals surface area (Å²) in [7, 11) is 2.20. The van der Waals surface area contributed by atoms with Gasteiger partial charge in [0, 0.05) is 6.42 Å². The maximum Gasteiger partial charge on any atom is 0.0712 e. The molecule has 1 unspecified atom stereocenters. The molecule has 1 heterocycles. The molecule has 1 heteroatoms. The van der Waals surface area contributed by atoms with Crippen molar-refractivity contribution in [2.24, 2.45) is 0 Å². The molecular formula is C13H23N. The molecule has 1 atom stereocenters. The molecule has 1 aliphatic heterocycles. The molecule has 0 aromatic heterocycles. The summed E-state index contributed by atoms with van der Waals surface area (Å²) in [5, 5.41) is 0. The highest BCUT2D eigenvalue weighted by Gasteiger charge is 2.15. The minimum absolute atomic E-state index is 0.547. The zero-order valence-corrected chi connectivity index (χ0v) is 9.68. The zero-order chi connectivity index (χ0) is 10.2. The van der Waals surface area contributed by atoms with E-state index in [4.69, 9.17) is 0 Å². The smallest absolute Gasteiger partial charge is 0.0712 e. The molecule has 1 saturated heterocycles. The fraction of sp³-hybridized carbons (Fsp3) is 0.846. The van der Waals surface area contributed by atoms with Gasteiger partial charge in [-0.15, -0.1) is 5.92 Å². The molecule has 14 heavy (non-hydrogen) atoms. The van der Waals surface area contributed by atoms with Crippen molar-refractivity contribution in [3.05, 3.63) is 0 Å². The Morgan fingerprint density at radius 2 is 2.14 bits per heavy atom. The third-order valence-electron chi connectivity index (χ3n) is 2.94. The maximum atomic E-state index is 3.41. The quantitative estimate of drug-likeness (QED) is 0.492. The molecule has 0 aromatic rings. The van der Waals surface area contributed by atoms with E-state index in [1.165, 1.54) is 45.1 Å². The Hall–Kier alpha value is -0.480. The topological polar surface area (TPSA) is 3.24 Å². The number of unbranched alkanes of at least 4 members (excludes halogenated alkanes) is 3. The minimum atomic E-state index is 0.547. The van der Waals surface area contributed by atoms with Gasteiger partial charge in [-0.3, -0.25) is 4.90 Å². The summed E-state index contributed by atoms with van der Waals surface area (Å²) in [4.78, 5) is 2.40. The van der Waals surface area contributed by atoms with Crippen molar-refractivity contribution < 1.29 is 0 Å². The fourth-order valence-electron chi connectivity index (χ4n) is 1.91. The normalized spacial score (nSPS) is 22.9. The number of piperidine rings is 1. The van der Waals surface area contributed by atoms with Crippen molar-refractivity contribution in [3.8, 4) is 11.8 Å². The van der Waals surface area contributed by atoms with Crippen molar-refractivity contribution in [2.45, 2.75) is 57.9 Å². The van der Waals surface area contributed by atoms with E-state index in [9.17, 15) is 0 Å². The second kappa shape index (κ2) is 6.90. The van der Waals surface area contributed by atoms with Crippen LogP contribution in [0.5, 0.6) is 0 Å². The van der Waals surface area contributed by atoms with Gasteiger partial charge in [-0.25, -0.2) is 0 Å². The van der Waals surface area contributed by atoms with Crippen LogP contribution in [-0.2, 0) is 0 Å². The molecule has 0 bridgehead atoms. The first-order valence-corrected chi connectivity index (χ1v) is 6.03. The van der Waals surface area contributed by atoms with Crippen LogP contribution in [0.2, 0.25) is 0 Å². The molecule has 0 amide bonds. The van der Waals surface area contributed by atoms with Crippen molar-refractivity contribution in [1.82, 2.24) is 4.90 Å². The molecule has 0 spiro atoms. The number of likely N-dealkylation sites (tertiary alicyclic amines) is 1. The lowest BCUT2D eigenvalue weighted by Crippen LogP contribution is -2.34. The Kier molecular flexibility index (Phi) is 5.71. The Morgan fingerprint density at radius 1 is 1.29 bits per heavy atom. The summed E-state index contributed by atoms with van der Waals surface area (Å²) < 4.78 is 0. The number of nitrogens with zero attached hydrogens (tertiary/aromatic N) is 1. The van der Waals surface area contributed by atoms with Crippen LogP contribution >= 0.6 is 0 Å². The first-order chi connectivity index (χ1) is 6.84. The lowest BCUT2D eigenvalue weighted by atomic mass is 10.0. The molecule has 1 fully saturated rings. The Morgan fingerprint density at radius 3 is 2.86 bits per heavy atom. The van der Waals surface area contributed by atoms with E-state index in [0.717, 1.165) is 6.42 Å². The summed E-state index contributed by atoms with van der Waals surface area (Å²) in [5.41, 5.74) is 0. The molecule has 80 valence electrons. The van der Waals surface area contributed by atoms with Crippen molar-refractivity contribution >= 4 is 0 Å². The minimum Gasteiger partial charge on any atom is -0.293 e. The average molecular weight is 193 g/mol. The summed E-state index contributed by atoms with van der Waals surface area (Å²) in [5.74, 6) is 6.73. The van der Waals surface area contributed by atoms with E-state index in [-0.39, 0.29) is 0 Å². The Balaban J connectivity index is 2.19. The van der Waals surface area contributed by atoms with Crippen LogP contribution in [-0.4, -0.2) is 24.5 Å². The fourth-order valence-corrected chi connectivity index (χ4v) is 1.91. The summed E-state index contributed by atoms with van der Waals surface area (Å²) in [6, 6.07) is 0.547. The molecule has 1 rings (SSSR count). The molecule has 0 aliphatic carbocycles. The molecule has 0 saturated carbocycles. The third-order valence-corrected chi connectivity index (χ3v) is 2.94. The van der Waals surface area contributed by atoms with Gasteiger partial charge in [-0.2, -0.15) is 0 Å². The van der Waals surface area contributed by atoms with Gasteiger partial charge in [0.2, 0.25) is 0 Å². The second-order valence-corrected chi connectivity index (χ2v) is 4.27. The average Bonchev–Trinajstić information content (AvgIpc) is 2.20. The SMILES string of the molecule is CCCCCC#CC1CCCCN1C. The molecule has 1 nitrogen and oxygen atoms in total. The van der Waals surface area contributed by atoms with Gasteiger partial charge >= 0.3 is 0 Å². The number of rotatable bonds is 3. The van der Waals surface area contributed by atoms with E-state index in [2.05, 4.69) is 30.7 Å². The van der Waals surface area contributed by atoms with Gasteiger partial charge in [-0.05, 0) is 39.3 Å². The van der Waals surface area contributed by atoms with Gasteiger partial charge in [0.05, 0.1) is 6.04 Å². The first kappa shape index (κ1) is 11.6. The molecule has 0 radical (unpaired) electrons. The molecule has 0 aromatic carbocycles. The molecular weight excluding hydrogens is 170 g/mol. The highest BCUT2D eigenvalue weighted by molar-refractivity contribution is 5.08. The second-order valence-electron chi connectivity index (χ2n) is 4.27. The van der Waals surface area contributed by atoms with Crippen LogP contribution < -0.4 is 0 Å². The highest BCUT2D eigenvalue weighted by atomic mass is 15.1. The molecule has 1 aliphatic rings. The van der Waals surface area contributed by atoms with Crippen molar-refractivity contribution in [1.29, 1.82) is 0 Å². The largest absolute Gasteiger partial charge is 0.293 e. The zero-order valence-electron chi connectivity index (χ0n) is 9.68. The van der Waals surface area contributed by atoms with Crippen LogP contribution in [0.15, 0.2) is 0 Å². The van der Waals surface area contributed by atoms with Crippen LogP contribution in [0.25, 0.3) is 0 Å². The lowest BCUT2D eigenvalue weighted by Gasteiger charge is -2.28. The monoisotopic (exact) mass is 193 g/mol. The predicted octanol–water partition coefficient (Wildman–Crippen LogP) is 3.05. The number of hydrogen-bond acceptors (Lipinski definition) is 1. The predicted molar refractivity (Wildman–Crippen MR) is 62.2 cm³/mol. The molecule has 0 N–H and O–H groups in total. The standard InChI is InChI=1S/C13H23N/c1-3-4-5-6-7-10-13-11-8-9-12-14(13)2/h13H,3-6,8-9,11-12H2,1-2H3. The van der Waals surface area contributed by atoms with E-state index in [1.54, 1.807) is 0 Å². The van der Waals surface area contributed by atoms with Gasteiger partial charge in [0.15, 0.2) is 0 Å². The van der Waals surface area contributed by atoms with Gasteiger partial charge in [0.1, 0.15) is 0 Å². The van der Waals surface area contributed by atoms with Crippen LogP contribution in [0.3, 0.4) is 0 Å². The summed E-state index contributed by atoms with van der Waals surface area (Å²) in [6.07, 6.45) is 8.98. The van der Waals surface area contributed by atoms with Gasteiger partial charge in [-0.1, -0.05) is 25.7 Å². The van der Waals surface area contributed by atoms with E-state index >= 15 is 0 Å². The van der Waals surface area contributed by atoms with Crippen molar-refractivity contribution in [3.63, 3.8) is 0 Å².